The molecular formula is C20H24Cl3N3O. The number of nitrogens with one attached hydrogen (secondary N) is 1. The zero-order valence-corrected chi connectivity index (χ0v) is 17.4. The van der Waals surface area contributed by atoms with E-state index in [2.05, 4.69) is 27.0 Å². The van der Waals surface area contributed by atoms with Crippen LogP contribution in [0, 0.1) is 0 Å². The normalized spacial score (nSPS) is 11.0. The highest BCUT2D eigenvalue weighted by Gasteiger charge is 2.12. The summed E-state index contributed by atoms with van der Waals surface area (Å²) in [6.07, 6.45) is 7.48. The van der Waals surface area contributed by atoms with Crippen molar-refractivity contribution in [1.82, 2.24) is 9.55 Å². The maximum absolute atomic E-state index is 6.23. The number of halogens is 3. The number of nitrogens with zero attached hydrogens (tertiary/aromatic N) is 2. The molecule has 0 aliphatic heterocycles. The Morgan fingerprint density at radius 1 is 1.07 bits per heavy atom. The fourth-order valence-electron chi connectivity index (χ4n) is 2.69. The number of ether oxygens (including phenoxy) is 1. The molecule has 7 heteroatoms. The summed E-state index contributed by atoms with van der Waals surface area (Å²) in [5.74, 6) is 0.875. The number of anilines is 1. The maximum Gasteiger partial charge on any atom is 0.119 e. The lowest BCUT2D eigenvalue weighted by molar-refractivity contribution is 0.170. The molecule has 1 heterocycles. The molecule has 0 saturated heterocycles. The molecule has 0 radical (unpaired) electrons. The second kappa shape index (κ2) is 11.8. The highest BCUT2D eigenvalue weighted by atomic mass is 35.5. The standard InChI is InChI=1S/C20H22ClN3O.2ClH/c1-22-18-7-10-19(11-8-18)25-20(14-24-13-12-23-15-24)9-4-16-2-5-17(21)6-3-16;;/h2-3,5-8,10-13,15,20,22H,4,9,14H2,1H3;2*1H. The molecule has 0 amide bonds. The fourth-order valence-corrected chi connectivity index (χ4v) is 2.81. The smallest absolute Gasteiger partial charge is 0.119 e. The number of aromatic nitrogens is 2. The van der Waals surface area contributed by atoms with Gasteiger partial charge in [0, 0.05) is 30.2 Å². The van der Waals surface area contributed by atoms with E-state index in [0.29, 0.717) is 0 Å². The number of imidazole rings is 1. The Hall–Kier alpha value is -1.88. The van der Waals surface area contributed by atoms with Crippen molar-refractivity contribution in [2.24, 2.45) is 0 Å². The summed E-state index contributed by atoms with van der Waals surface area (Å²) in [5, 5.41) is 3.88. The van der Waals surface area contributed by atoms with Crippen molar-refractivity contribution in [3.8, 4) is 5.75 Å². The molecule has 1 N–H and O–H groups in total. The van der Waals surface area contributed by atoms with Crippen molar-refractivity contribution < 1.29 is 4.74 Å². The Labute approximate surface area is 177 Å². The van der Waals surface area contributed by atoms with Crippen molar-refractivity contribution in [2.45, 2.75) is 25.5 Å². The molecule has 146 valence electrons. The average molecular weight is 429 g/mol. The van der Waals surface area contributed by atoms with Gasteiger partial charge in [0.2, 0.25) is 0 Å². The largest absolute Gasteiger partial charge is 0.489 e. The summed E-state index contributed by atoms with van der Waals surface area (Å²) in [4.78, 5) is 4.12. The molecule has 0 aliphatic rings. The number of benzene rings is 2. The molecule has 3 rings (SSSR count). The predicted octanol–water partition coefficient (Wildman–Crippen LogP) is 5.50. The Kier molecular flexibility index (Phi) is 10.1. The van der Waals surface area contributed by atoms with Crippen LogP contribution in [0.5, 0.6) is 5.75 Å². The van der Waals surface area contributed by atoms with E-state index in [1.807, 2.05) is 56.0 Å². The number of hydrogen-bond acceptors (Lipinski definition) is 3. The summed E-state index contributed by atoms with van der Waals surface area (Å²) in [7, 11) is 1.91. The lowest BCUT2D eigenvalue weighted by Crippen LogP contribution is -2.23. The molecule has 3 aromatic rings. The molecule has 1 atom stereocenters. The quantitative estimate of drug-likeness (QED) is 0.515. The first-order chi connectivity index (χ1) is 12.2. The topological polar surface area (TPSA) is 39.1 Å². The van der Waals surface area contributed by atoms with E-state index in [-0.39, 0.29) is 30.9 Å². The summed E-state index contributed by atoms with van der Waals surface area (Å²) < 4.78 is 8.28. The van der Waals surface area contributed by atoms with Gasteiger partial charge in [0.05, 0.1) is 12.9 Å². The third kappa shape index (κ3) is 7.33. The minimum atomic E-state index is 0. The zero-order chi connectivity index (χ0) is 17.5. The first-order valence-electron chi connectivity index (χ1n) is 8.37. The van der Waals surface area contributed by atoms with E-state index in [1.54, 1.807) is 6.20 Å². The Morgan fingerprint density at radius 3 is 2.37 bits per heavy atom. The van der Waals surface area contributed by atoms with E-state index in [0.717, 1.165) is 35.8 Å². The van der Waals surface area contributed by atoms with E-state index in [4.69, 9.17) is 16.3 Å². The van der Waals surface area contributed by atoms with Crippen molar-refractivity contribution in [1.29, 1.82) is 0 Å². The Bertz CT molecular complexity index is 762. The molecular weight excluding hydrogens is 405 g/mol. The minimum Gasteiger partial charge on any atom is -0.489 e. The van der Waals surface area contributed by atoms with Gasteiger partial charge in [0.25, 0.3) is 0 Å². The molecule has 0 saturated carbocycles. The van der Waals surface area contributed by atoms with Crippen molar-refractivity contribution in [2.75, 3.05) is 12.4 Å². The summed E-state index contributed by atoms with van der Waals surface area (Å²) in [6, 6.07) is 16.0. The van der Waals surface area contributed by atoms with Gasteiger partial charge in [-0.05, 0) is 54.8 Å². The van der Waals surface area contributed by atoms with Gasteiger partial charge >= 0.3 is 0 Å². The summed E-state index contributed by atoms with van der Waals surface area (Å²) in [6.45, 7) is 0.765. The van der Waals surface area contributed by atoms with Crippen molar-refractivity contribution in [3.05, 3.63) is 77.8 Å². The van der Waals surface area contributed by atoms with Gasteiger partial charge in [0.15, 0.2) is 0 Å². The predicted molar refractivity (Wildman–Crippen MR) is 117 cm³/mol. The third-order valence-electron chi connectivity index (χ3n) is 4.09. The fraction of sp³-hybridized carbons (Fsp3) is 0.250. The van der Waals surface area contributed by atoms with Crippen LogP contribution < -0.4 is 10.1 Å². The second-order valence-corrected chi connectivity index (χ2v) is 6.38. The summed E-state index contributed by atoms with van der Waals surface area (Å²) in [5.41, 5.74) is 2.33. The number of hydrogen-bond donors (Lipinski definition) is 1. The van der Waals surface area contributed by atoms with Crippen LogP contribution >= 0.6 is 36.4 Å². The molecule has 2 aromatic carbocycles. The maximum atomic E-state index is 6.23. The molecule has 0 spiro atoms. The third-order valence-corrected chi connectivity index (χ3v) is 4.34. The lowest BCUT2D eigenvalue weighted by atomic mass is 10.1. The van der Waals surface area contributed by atoms with E-state index < -0.39 is 0 Å². The Morgan fingerprint density at radius 2 is 1.78 bits per heavy atom. The first kappa shape index (κ1) is 23.2. The average Bonchev–Trinajstić information content (AvgIpc) is 3.15. The van der Waals surface area contributed by atoms with Crippen LogP contribution in [0.1, 0.15) is 12.0 Å². The van der Waals surface area contributed by atoms with Gasteiger partial charge in [-0.25, -0.2) is 4.98 Å². The highest BCUT2D eigenvalue weighted by Crippen LogP contribution is 2.19. The van der Waals surface area contributed by atoms with Crippen LogP contribution in [-0.2, 0) is 13.0 Å². The Balaban J connectivity index is 0.00000182. The van der Waals surface area contributed by atoms with E-state index in [9.17, 15) is 0 Å². The molecule has 27 heavy (non-hydrogen) atoms. The van der Waals surface area contributed by atoms with Gasteiger partial charge < -0.3 is 14.6 Å². The molecule has 1 unspecified atom stereocenters. The van der Waals surface area contributed by atoms with Crippen LogP contribution in [0.15, 0.2) is 67.3 Å². The van der Waals surface area contributed by atoms with Crippen molar-refractivity contribution >= 4 is 42.1 Å². The highest BCUT2D eigenvalue weighted by molar-refractivity contribution is 6.30. The van der Waals surface area contributed by atoms with Gasteiger partial charge in [-0.2, -0.15) is 0 Å². The summed E-state index contributed by atoms with van der Waals surface area (Å²) >= 11 is 5.96. The van der Waals surface area contributed by atoms with E-state index in [1.165, 1.54) is 5.56 Å². The molecule has 0 fully saturated rings. The minimum absolute atomic E-state index is 0. The van der Waals surface area contributed by atoms with Crippen LogP contribution in [0.4, 0.5) is 5.69 Å². The number of rotatable bonds is 8. The number of aryl methyl sites for hydroxylation is 1. The molecule has 0 aliphatic carbocycles. The second-order valence-electron chi connectivity index (χ2n) is 5.94. The van der Waals surface area contributed by atoms with Gasteiger partial charge in [-0.3, -0.25) is 0 Å². The van der Waals surface area contributed by atoms with Crippen LogP contribution in [-0.4, -0.2) is 22.7 Å². The van der Waals surface area contributed by atoms with E-state index >= 15 is 0 Å². The lowest BCUT2D eigenvalue weighted by Gasteiger charge is -2.20. The monoisotopic (exact) mass is 427 g/mol. The van der Waals surface area contributed by atoms with Gasteiger partial charge in [-0.15, -0.1) is 24.8 Å². The molecule has 4 nitrogen and oxygen atoms in total. The van der Waals surface area contributed by atoms with Gasteiger partial charge in [-0.1, -0.05) is 23.7 Å². The molecule has 1 aromatic heterocycles. The SMILES string of the molecule is CNc1ccc(OC(CCc2ccc(Cl)cc2)Cn2ccnc2)cc1.Cl.Cl. The zero-order valence-electron chi connectivity index (χ0n) is 15.0. The first-order valence-corrected chi connectivity index (χ1v) is 8.75. The van der Waals surface area contributed by atoms with Crippen LogP contribution in [0.2, 0.25) is 5.02 Å². The molecule has 0 bridgehead atoms. The van der Waals surface area contributed by atoms with Gasteiger partial charge in [0.1, 0.15) is 11.9 Å². The van der Waals surface area contributed by atoms with Crippen LogP contribution in [0.3, 0.4) is 0 Å². The van der Waals surface area contributed by atoms with Crippen LogP contribution in [0.25, 0.3) is 0 Å². The van der Waals surface area contributed by atoms with Crippen molar-refractivity contribution in [3.63, 3.8) is 0 Å².